The first kappa shape index (κ1) is 19.5. The van der Waals surface area contributed by atoms with E-state index in [0.29, 0.717) is 11.1 Å². The molecular weight excluding hydrogens is 378 g/mol. The lowest BCUT2D eigenvalue weighted by Gasteiger charge is -2.25. The van der Waals surface area contributed by atoms with Crippen LogP contribution in [0.3, 0.4) is 0 Å². The van der Waals surface area contributed by atoms with Crippen molar-refractivity contribution in [2.24, 2.45) is 0 Å². The smallest absolute Gasteiger partial charge is 0.336 e. The molecule has 1 fully saturated rings. The highest BCUT2D eigenvalue weighted by molar-refractivity contribution is 7.80. The van der Waals surface area contributed by atoms with Gasteiger partial charge in [0, 0.05) is 24.1 Å². The molecule has 28 heavy (non-hydrogen) atoms. The molecule has 2 amide bonds. The molecule has 0 atom stereocenters. The standard InChI is InChI=1S/C20H19N3O4S/c1-10-8-13(9-15-17(24)21-20(28)22(4)18(15)25)12(3)23(10)16-7-5-6-14(11(16)2)19(26)27/h5-9H,1-4H3,(H,26,27)(H,21,24,28). The fourth-order valence-corrected chi connectivity index (χ4v) is 3.48. The van der Waals surface area contributed by atoms with Gasteiger partial charge in [0.05, 0.1) is 5.56 Å². The molecule has 0 saturated carbocycles. The van der Waals surface area contributed by atoms with Gasteiger partial charge in [-0.05, 0) is 68.4 Å². The number of nitrogens with one attached hydrogen (secondary N) is 1. The minimum absolute atomic E-state index is 0.00708. The molecule has 3 rings (SSSR count). The summed E-state index contributed by atoms with van der Waals surface area (Å²) in [6, 6.07) is 6.94. The summed E-state index contributed by atoms with van der Waals surface area (Å²) in [4.78, 5) is 37.3. The number of likely N-dealkylation sites (N-methyl/N-ethyl adjacent to an activating group) is 1. The van der Waals surface area contributed by atoms with Crippen molar-refractivity contribution in [3.8, 4) is 5.69 Å². The van der Waals surface area contributed by atoms with Crippen LogP contribution in [0.5, 0.6) is 0 Å². The highest BCUT2D eigenvalue weighted by Crippen LogP contribution is 2.27. The fourth-order valence-electron chi connectivity index (χ4n) is 3.30. The van der Waals surface area contributed by atoms with Gasteiger partial charge in [0.2, 0.25) is 0 Å². The van der Waals surface area contributed by atoms with Crippen molar-refractivity contribution in [2.75, 3.05) is 7.05 Å². The molecule has 144 valence electrons. The Balaban J connectivity index is 2.13. The van der Waals surface area contributed by atoms with E-state index in [1.165, 1.54) is 18.0 Å². The van der Waals surface area contributed by atoms with Crippen LogP contribution in [0.1, 0.15) is 32.9 Å². The van der Waals surface area contributed by atoms with E-state index in [0.717, 1.165) is 17.1 Å². The molecule has 1 saturated heterocycles. The summed E-state index contributed by atoms with van der Waals surface area (Å²) >= 11 is 4.96. The SMILES string of the molecule is Cc1c(C(=O)O)cccc1-n1c(C)cc(C=C2C(=O)NC(=S)N(C)C2=O)c1C. The number of aromatic nitrogens is 1. The molecule has 1 aliphatic heterocycles. The van der Waals surface area contributed by atoms with Crippen LogP contribution < -0.4 is 5.32 Å². The zero-order valence-corrected chi connectivity index (χ0v) is 16.7. The number of hydrogen-bond acceptors (Lipinski definition) is 4. The summed E-state index contributed by atoms with van der Waals surface area (Å²) in [6.45, 7) is 5.49. The van der Waals surface area contributed by atoms with Gasteiger partial charge in [-0.2, -0.15) is 0 Å². The zero-order chi connectivity index (χ0) is 20.7. The fraction of sp³-hybridized carbons (Fsp3) is 0.200. The minimum atomic E-state index is -0.993. The number of aryl methyl sites for hydroxylation is 1. The van der Waals surface area contributed by atoms with E-state index in [4.69, 9.17) is 12.2 Å². The summed E-state index contributed by atoms with van der Waals surface area (Å²) in [5, 5.41) is 11.9. The van der Waals surface area contributed by atoms with Gasteiger partial charge in [0.25, 0.3) is 11.8 Å². The van der Waals surface area contributed by atoms with Crippen LogP contribution >= 0.6 is 12.2 Å². The molecule has 0 bridgehead atoms. The third kappa shape index (κ3) is 3.11. The van der Waals surface area contributed by atoms with E-state index < -0.39 is 17.8 Å². The Hall–Kier alpha value is -3.26. The number of nitrogens with zero attached hydrogens (tertiary/aromatic N) is 2. The number of rotatable bonds is 3. The van der Waals surface area contributed by atoms with Gasteiger partial charge in [-0.1, -0.05) is 6.07 Å². The predicted molar refractivity (Wildman–Crippen MR) is 108 cm³/mol. The zero-order valence-electron chi connectivity index (χ0n) is 15.9. The number of amides is 2. The highest BCUT2D eigenvalue weighted by atomic mass is 32.1. The number of aromatic carboxylic acids is 1. The molecule has 0 radical (unpaired) electrons. The second kappa shape index (κ2) is 7.05. The molecule has 0 unspecified atom stereocenters. The van der Waals surface area contributed by atoms with Crippen molar-refractivity contribution >= 4 is 41.2 Å². The molecule has 8 heteroatoms. The molecule has 2 N–H and O–H groups in total. The Kier molecular flexibility index (Phi) is 4.91. The van der Waals surface area contributed by atoms with Crippen molar-refractivity contribution in [3.05, 3.63) is 57.9 Å². The number of carboxylic acid groups (broad SMARTS) is 1. The monoisotopic (exact) mass is 397 g/mol. The maximum atomic E-state index is 12.4. The van der Waals surface area contributed by atoms with E-state index in [9.17, 15) is 19.5 Å². The van der Waals surface area contributed by atoms with Crippen molar-refractivity contribution in [1.29, 1.82) is 0 Å². The number of thiocarbonyl (C=S) groups is 1. The van der Waals surface area contributed by atoms with Gasteiger partial charge in [-0.25, -0.2) is 4.79 Å². The molecule has 0 aliphatic carbocycles. The molecule has 2 heterocycles. The average molecular weight is 397 g/mol. The summed E-state index contributed by atoms with van der Waals surface area (Å²) in [7, 11) is 1.50. The molecule has 1 aromatic carbocycles. The maximum Gasteiger partial charge on any atom is 0.336 e. The quantitative estimate of drug-likeness (QED) is 0.471. The van der Waals surface area contributed by atoms with E-state index in [1.807, 2.05) is 30.5 Å². The Morgan fingerprint density at radius 1 is 1.21 bits per heavy atom. The largest absolute Gasteiger partial charge is 0.478 e. The van der Waals surface area contributed by atoms with Gasteiger partial charge in [-0.3, -0.25) is 19.8 Å². The topological polar surface area (TPSA) is 91.6 Å². The number of benzene rings is 1. The molecular formula is C20H19N3O4S. The van der Waals surface area contributed by atoms with Crippen LogP contribution in [0.15, 0.2) is 29.8 Å². The van der Waals surface area contributed by atoms with Crippen molar-refractivity contribution in [2.45, 2.75) is 20.8 Å². The van der Waals surface area contributed by atoms with E-state index in [2.05, 4.69) is 5.32 Å². The van der Waals surface area contributed by atoms with E-state index >= 15 is 0 Å². The van der Waals surface area contributed by atoms with Crippen molar-refractivity contribution in [1.82, 2.24) is 14.8 Å². The third-order valence-corrected chi connectivity index (χ3v) is 5.23. The Bertz CT molecular complexity index is 1080. The molecule has 2 aromatic rings. The van der Waals surface area contributed by atoms with Gasteiger partial charge in [0.15, 0.2) is 5.11 Å². The summed E-state index contributed by atoms with van der Waals surface area (Å²) in [5.41, 5.74) is 3.91. The van der Waals surface area contributed by atoms with Crippen molar-refractivity contribution < 1.29 is 19.5 Å². The van der Waals surface area contributed by atoms with Gasteiger partial charge >= 0.3 is 5.97 Å². The van der Waals surface area contributed by atoms with Crippen LogP contribution in [0.4, 0.5) is 0 Å². The minimum Gasteiger partial charge on any atom is -0.478 e. The first-order chi connectivity index (χ1) is 13.1. The van der Waals surface area contributed by atoms with Crippen LogP contribution in [0.25, 0.3) is 11.8 Å². The number of carboxylic acids is 1. The van der Waals surface area contributed by atoms with Crippen LogP contribution in [0, 0.1) is 20.8 Å². The molecule has 1 aromatic heterocycles. The first-order valence-electron chi connectivity index (χ1n) is 8.50. The van der Waals surface area contributed by atoms with Crippen molar-refractivity contribution in [3.63, 3.8) is 0 Å². The third-order valence-electron chi connectivity index (χ3n) is 4.85. The van der Waals surface area contributed by atoms with E-state index in [-0.39, 0.29) is 16.2 Å². The first-order valence-corrected chi connectivity index (χ1v) is 8.91. The lowest BCUT2D eigenvalue weighted by molar-refractivity contribution is -0.128. The molecule has 0 spiro atoms. The van der Waals surface area contributed by atoms with Crippen LogP contribution in [-0.4, -0.2) is 44.5 Å². The molecule has 7 nitrogen and oxygen atoms in total. The Labute approximate surface area is 167 Å². The lowest BCUT2D eigenvalue weighted by Crippen LogP contribution is -2.52. The normalized spacial score (nSPS) is 15.9. The van der Waals surface area contributed by atoms with Gasteiger partial charge < -0.3 is 9.67 Å². The lowest BCUT2D eigenvalue weighted by atomic mass is 10.1. The molecule has 1 aliphatic rings. The van der Waals surface area contributed by atoms with Gasteiger partial charge in [0.1, 0.15) is 5.57 Å². The van der Waals surface area contributed by atoms with E-state index in [1.54, 1.807) is 19.1 Å². The van der Waals surface area contributed by atoms with Gasteiger partial charge in [-0.15, -0.1) is 0 Å². The second-order valence-corrected chi connectivity index (χ2v) is 6.98. The summed E-state index contributed by atoms with van der Waals surface area (Å²) < 4.78 is 1.91. The Morgan fingerprint density at radius 2 is 1.89 bits per heavy atom. The summed E-state index contributed by atoms with van der Waals surface area (Å²) in [5.74, 6) is -2.00. The highest BCUT2D eigenvalue weighted by Gasteiger charge is 2.31. The van der Waals surface area contributed by atoms with Crippen LogP contribution in [0.2, 0.25) is 0 Å². The number of carbonyl (C=O) groups is 3. The predicted octanol–water partition coefficient (Wildman–Crippen LogP) is 2.36. The maximum absolute atomic E-state index is 12.4. The van der Waals surface area contributed by atoms with Crippen LogP contribution in [-0.2, 0) is 9.59 Å². The second-order valence-electron chi connectivity index (χ2n) is 6.60. The average Bonchev–Trinajstić information content (AvgIpc) is 2.90. The summed E-state index contributed by atoms with van der Waals surface area (Å²) in [6.07, 6.45) is 1.53. The number of carbonyl (C=O) groups excluding carboxylic acids is 2. The number of hydrogen-bond donors (Lipinski definition) is 2. The Morgan fingerprint density at radius 3 is 2.54 bits per heavy atom.